The standard InChI is InChI=1S/C9H10Br/c1-2-8-3-5-9(7-10)6-4-8/h3-6H,1-2,7H2. The molecule has 0 aromatic heterocycles. The highest BCUT2D eigenvalue weighted by Gasteiger charge is 1.89. The molecule has 0 aliphatic carbocycles. The summed E-state index contributed by atoms with van der Waals surface area (Å²) in [5.74, 6) is 0. The van der Waals surface area contributed by atoms with E-state index in [-0.39, 0.29) is 0 Å². The van der Waals surface area contributed by atoms with E-state index in [4.69, 9.17) is 0 Å². The predicted octanol–water partition coefficient (Wildman–Crippen LogP) is 2.96. The minimum Gasteiger partial charge on any atom is -0.0876 e. The van der Waals surface area contributed by atoms with E-state index in [1.165, 1.54) is 11.1 Å². The molecule has 0 amide bonds. The molecular formula is C9H10Br. The van der Waals surface area contributed by atoms with Gasteiger partial charge in [-0.2, -0.15) is 0 Å². The second-order valence-electron chi connectivity index (χ2n) is 2.20. The van der Waals surface area contributed by atoms with Crippen LogP contribution in [0.25, 0.3) is 0 Å². The summed E-state index contributed by atoms with van der Waals surface area (Å²) in [6.07, 6.45) is 0.878. The van der Waals surface area contributed by atoms with E-state index < -0.39 is 0 Å². The fourth-order valence-electron chi connectivity index (χ4n) is 0.795. The van der Waals surface area contributed by atoms with Gasteiger partial charge in [-0.05, 0) is 24.5 Å². The van der Waals surface area contributed by atoms with Crippen molar-refractivity contribution in [2.45, 2.75) is 11.8 Å². The van der Waals surface area contributed by atoms with E-state index in [0.717, 1.165) is 11.8 Å². The van der Waals surface area contributed by atoms with Gasteiger partial charge in [-0.25, -0.2) is 0 Å². The molecule has 0 saturated carbocycles. The van der Waals surface area contributed by atoms with Crippen LogP contribution in [-0.4, -0.2) is 0 Å². The number of alkyl halides is 1. The van der Waals surface area contributed by atoms with E-state index in [9.17, 15) is 0 Å². The molecule has 0 aliphatic rings. The largest absolute Gasteiger partial charge is 0.0876 e. The lowest BCUT2D eigenvalue weighted by Crippen LogP contribution is -1.80. The number of benzene rings is 1. The summed E-state index contributed by atoms with van der Waals surface area (Å²) < 4.78 is 0. The van der Waals surface area contributed by atoms with Gasteiger partial charge >= 0.3 is 0 Å². The molecule has 10 heavy (non-hydrogen) atoms. The van der Waals surface area contributed by atoms with Crippen LogP contribution >= 0.6 is 15.9 Å². The van der Waals surface area contributed by atoms with Gasteiger partial charge in [-0.3, -0.25) is 0 Å². The smallest absolute Gasteiger partial charge is 0.0283 e. The number of hydrogen-bond donors (Lipinski definition) is 0. The lowest BCUT2D eigenvalue weighted by atomic mass is 10.1. The molecule has 0 spiro atoms. The molecule has 0 unspecified atom stereocenters. The quantitative estimate of drug-likeness (QED) is 0.641. The number of halogens is 1. The third kappa shape index (κ3) is 1.84. The van der Waals surface area contributed by atoms with Crippen LogP contribution in [0.15, 0.2) is 24.3 Å². The zero-order valence-corrected chi connectivity index (χ0v) is 7.39. The maximum Gasteiger partial charge on any atom is 0.0283 e. The highest BCUT2D eigenvalue weighted by molar-refractivity contribution is 9.08. The minimum absolute atomic E-state index is 0.878. The van der Waals surface area contributed by atoms with Crippen molar-refractivity contribution in [3.63, 3.8) is 0 Å². The summed E-state index contributed by atoms with van der Waals surface area (Å²) in [6, 6.07) is 8.47. The van der Waals surface area contributed by atoms with Crippen molar-refractivity contribution in [2.24, 2.45) is 0 Å². The van der Waals surface area contributed by atoms with Crippen LogP contribution in [-0.2, 0) is 11.8 Å². The van der Waals surface area contributed by atoms with Gasteiger partial charge in [0.2, 0.25) is 0 Å². The zero-order chi connectivity index (χ0) is 7.40. The third-order valence-corrected chi connectivity index (χ3v) is 2.11. The molecular weight excluding hydrogens is 188 g/mol. The summed E-state index contributed by atoms with van der Waals surface area (Å²) in [5, 5.41) is 0.935. The molecule has 0 heterocycles. The fourth-order valence-corrected chi connectivity index (χ4v) is 1.17. The Morgan fingerprint density at radius 1 is 1.10 bits per heavy atom. The molecule has 0 aliphatic heterocycles. The summed E-state index contributed by atoms with van der Waals surface area (Å²) in [4.78, 5) is 0. The minimum atomic E-state index is 0.878. The van der Waals surface area contributed by atoms with Crippen LogP contribution in [0.1, 0.15) is 11.1 Å². The van der Waals surface area contributed by atoms with Crippen molar-refractivity contribution in [3.8, 4) is 0 Å². The van der Waals surface area contributed by atoms with Crippen molar-refractivity contribution in [3.05, 3.63) is 42.3 Å². The first-order valence-electron chi connectivity index (χ1n) is 3.30. The average Bonchev–Trinajstić information content (AvgIpc) is 2.05. The van der Waals surface area contributed by atoms with Gasteiger partial charge in [0.25, 0.3) is 0 Å². The fraction of sp³-hybridized carbons (Fsp3) is 0.222. The van der Waals surface area contributed by atoms with E-state index in [1.807, 2.05) is 0 Å². The lowest BCUT2D eigenvalue weighted by molar-refractivity contribution is 1.25. The zero-order valence-electron chi connectivity index (χ0n) is 5.81. The Balaban J connectivity index is 2.80. The molecule has 0 N–H and O–H groups in total. The van der Waals surface area contributed by atoms with E-state index in [2.05, 4.69) is 47.1 Å². The van der Waals surface area contributed by atoms with Gasteiger partial charge in [0.1, 0.15) is 0 Å². The first kappa shape index (κ1) is 7.80. The molecule has 1 rings (SSSR count). The van der Waals surface area contributed by atoms with Crippen molar-refractivity contribution in [1.29, 1.82) is 0 Å². The van der Waals surface area contributed by atoms with Crippen LogP contribution in [0, 0.1) is 6.92 Å². The van der Waals surface area contributed by atoms with Crippen molar-refractivity contribution < 1.29 is 0 Å². The maximum atomic E-state index is 3.80. The maximum absolute atomic E-state index is 3.80. The highest BCUT2D eigenvalue weighted by Crippen LogP contribution is 2.07. The predicted molar refractivity (Wildman–Crippen MR) is 48.1 cm³/mol. The molecule has 53 valence electrons. The Morgan fingerprint density at radius 2 is 1.60 bits per heavy atom. The molecule has 1 heteroatoms. The molecule has 1 radical (unpaired) electrons. The Hall–Kier alpha value is -0.300. The molecule has 0 saturated heterocycles. The normalized spacial score (nSPS) is 9.80. The van der Waals surface area contributed by atoms with E-state index >= 15 is 0 Å². The second-order valence-corrected chi connectivity index (χ2v) is 2.76. The van der Waals surface area contributed by atoms with Gasteiger partial charge in [-0.1, -0.05) is 40.2 Å². The summed E-state index contributed by atoms with van der Waals surface area (Å²) in [7, 11) is 0. The summed E-state index contributed by atoms with van der Waals surface area (Å²) >= 11 is 3.39. The van der Waals surface area contributed by atoms with Gasteiger partial charge in [-0.15, -0.1) is 0 Å². The van der Waals surface area contributed by atoms with Crippen LogP contribution in [0.3, 0.4) is 0 Å². The second kappa shape index (κ2) is 3.77. The average molecular weight is 198 g/mol. The molecule has 0 atom stereocenters. The number of hydrogen-bond acceptors (Lipinski definition) is 0. The molecule has 0 nitrogen and oxygen atoms in total. The van der Waals surface area contributed by atoms with Crippen molar-refractivity contribution in [1.82, 2.24) is 0 Å². The van der Waals surface area contributed by atoms with Gasteiger partial charge in [0.05, 0.1) is 0 Å². The van der Waals surface area contributed by atoms with Crippen molar-refractivity contribution >= 4 is 15.9 Å². The van der Waals surface area contributed by atoms with Crippen LogP contribution in [0.2, 0.25) is 0 Å². The van der Waals surface area contributed by atoms with E-state index in [0.29, 0.717) is 0 Å². The third-order valence-electron chi connectivity index (χ3n) is 1.47. The van der Waals surface area contributed by atoms with Crippen LogP contribution < -0.4 is 0 Å². The molecule has 0 bridgehead atoms. The Bertz CT molecular complexity index is 165. The lowest BCUT2D eigenvalue weighted by Gasteiger charge is -1.96. The SMILES string of the molecule is [CH2]Cc1ccc(CBr)cc1. The topological polar surface area (TPSA) is 0 Å². The van der Waals surface area contributed by atoms with Crippen LogP contribution in [0.5, 0.6) is 0 Å². The first-order chi connectivity index (χ1) is 4.86. The first-order valence-corrected chi connectivity index (χ1v) is 4.42. The molecule has 1 aromatic carbocycles. The Morgan fingerprint density at radius 3 is 2.00 bits per heavy atom. The van der Waals surface area contributed by atoms with Crippen LogP contribution in [0.4, 0.5) is 0 Å². The Labute approximate surface area is 70.4 Å². The monoisotopic (exact) mass is 197 g/mol. The highest BCUT2D eigenvalue weighted by atomic mass is 79.9. The number of rotatable bonds is 2. The summed E-state index contributed by atoms with van der Waals surface area (Å²) in [5.41, 5.74) is 2.61. The van der Waals surface area contributed by atoms with Gasteiger partial charge in [0.15, 0.2) is 0 Å². The Kier molecular flexibility index (Phi) is 2.94. The van der Waals surface area contributed by atoms with Gasteiger partial charge < -0.3 is 0 Å². The molecule has 1 aromatic rings. The summed E-state index contributed by atoms with van der Waals surface area (Å²) in [6.45, 7) is 3.80. The molecule has 0 fully saturated rings. The van der Waals surface area contributed by atoms with Crippen molar-refractivity contribution in [2.75, 3.05) is 0 Å². The van der Waals surface area contributed by atoms with Gasteiger partial charge in [0, 0.05) is 5.33 Å². The van der Waals surface area contributed by atoms with E-state index in [1.54, 1.807) is 0 Å².